The lowest BCUT2D eigenvalue weighted by Gasteiger charge is -2.18. The van der Waals surface area contributed by atoms with Crippen LogP contribution in [0.15, 0.2) is 0 Å². The Morgan fingerprint density at radius 2 is 2.17 bits per heavy atom. The van der Waals surface area contributed by atoms with Crippen LogP contribution in [0.2, 0.25) is 0 Å². The van der Waals surface area contributed by atoms with Crippen LogP contribution in [0, 0.1) is 0 Å². The van der Waals surface area contributed by atoms with Gasteiger partial charge >= 0.3 is 0 Å². The summed E-state index contributed by atoms with van der Waals surface area (Å²) < 4.78 is 5.74. The highest BCUT2D eigenvalue weighted by atomic mass is 32.1. The molecule has 0 aromatic carbocycles. The van der Waals surface area contributed by atoms with Crippen LogP contribution in [0.4, 0.5) is 10.7 Å². The fourth-order valence-electron chi connectivity index (χ4n) is 1.44. The van der Waals surface area contributed by atoms with E-state index < -0.39 is 0 Å². The molecule has 0 atom stereocenters. The summed E-state index contributed by atoms with van der Waals surface area (Å²) in [5.74, 6) is 0.430. The second-order valence-corrected chi connectivity index (χ2v) is 5.24. The molecule has 1 amide bonds. The Balaban J connectivity index is 3.26. The Morgan fingerprint density at radius 1 is 1.56 bits per heavy atom. The van der Waals surface area contributed by atoms with Crippen molar-refractivity contribution in [3.05, 3.63) is 4.88 Å². The molecule has 0 fully saturated rings. The van der Waals surface area contributed by atoms with Crippen molar-refractivity contribution in [2.75, 3.05) is 31.3 Å². The normalized spacial score (nSPS) is 10.6. The van der Waals surface area contributed by atoms with Crippen LogP contribution < -0.4 is 20.7 Å². The monoisotopic (exact) mass is 271 g/mol. The second-order valence-electron chi connectivity index (χ2n) is 4.24. The lowest BCUT2D eigenvalue weighted by molar-refractivity contribution is 0.0967. The average Bonchev–Trinajstić information content (AvgIpc) is 2.65. The minimum Gasteiger partial charge on any atom is -0.486 e. The van der Waals surface area contributed by atoms with E-state index in [-0.39, 0.29) is 12.0 Å². The number of nitrogens with one attached hydrogen (secondary N) is 1. The Kier molecular flexibility index (Phi) is 4.84. The van der Waals surface area contributed by atoms with Crippen molar-refractivity contribution < 1.29 is 9.53 Å². The number of rotatable bonds is 5. The van der Waals surface area contributed by atoms with Gasteiger partial charge in [0, 0.05) is 20.6 Å². The van der Waals surface area contributed by atoms with Gasteiger partial charge < -0.3 is 20.7 Å². The topological polar surface area (TPSA) is 67.6 Å². The SMILES string of the molecule is CCN(C)c1sc(C(=O)NC)c(N)c1OC(C)C. The van der Waals surface area contributed by atoms with Crippen molar-refractivity contribution in [1.82, 2.24) is 5.32 Å². The molecule has 0 spiro atoms. The van der Waals surface area contributed by atoms with E-state index in [9.17, 15) is 4.79 Å². The maximum atomic E-state index is 11.7. The summed E-state index contributed by atoms with van der Waals surface area (Å²) >= 11 is 1.36. The van der Waals surface area contributed by atoms with E-state index in [1.807, 2.05) is 32.7 Å². The summed E-state index contributed by atoms with van der Waals surface area (Å²) in [5, 5.41) is 3.48. The highest BCUT2D eigenvalue weighted by Crippen LogP contribution is 2.44. The number of hydrogen-bond donors (Lipinski definition) is 2. The third-order valence-electron chi connectivity index (χ3n) is 2.49. The molecule has 0 aliphatic heterocycles. The number of carbonyl (C=O) groups is 1. The fraction of sp³-hybridized carbons (Fsp3) is 0.583. The molecular weight excluding hydrogens is 250 g/mol. The lowest BCUT2D eigenvalue weighted by Crippen LogP contribution is -2.18. The molecule has 0 aliphatic rings. The van der Waals surface area contributed by atoms with Crippen molar-refractivity contribution >= 4 is 27.9 Å². The summed E-state index contributed by atoms with van der Waals surface area (Å²) in [6.45, 7) is 6.73. The first-order chi connectivity index (χ1) is 8.42. The van der Waals surface area contributed by atoms with E-state index >= 15 is 0 Å². The summed E-state index contributed by atoms with van der Waals surface area (Å²) in [7, 11) is 3.54. The molecule has 1 aromatic heterocycles. The van der Waals surface area contributed by atoms with Gasteiger partial charge in [-0.15, -0.1) is 11.3 Å². The smallest absolute Gasteiger partial charge is 0.263 e. The van der Waals surface area contributed by atoms with E-state index in [0.29, 0.717) is 16.3 Å². The molecule has 5 nitrogen and oxygen atoms in total. The van der Waals surface area contributed by atoms with Crippen LogP contribution in [0.3, 0.4) is 0 Å². The molecule has 0 aliphatic carbocycles. The standard InChI is InChI=1S/C12H21N3O2S/c1-6-15(5)12-9(17-7(2)3)8(13)10(18-12)11(16)14-4/h7H,6,13H2,1-5H3,(H,14,16). The third kappa shape index (κ3) is 2.87. The summed E-state index contributed by atoms with van der Waals surface area (Å²) in [5.41, 5.74) is 6.44. The number of nitrogens with two attached hydrogens (primary N) is 1. The molecule has 1 heterocycles. The Morgan fingerprint density at radius 3 is 2.61 bits per heavy atom. The quantitative estimate of drug-likeness (QED) is 0.858. The Bertz CT molecular complexity index is 429. The molecule has 0 saturated carbocycles. The molecule has 18 heavy (non-hydrogen) atoms. The van der Waals surface area contributed by atoms with Crippen molar-refractivity contribution in [2.24, 2.45) is 0 Å². The van der Waals surface area contributed by atoms with E-state index in [0.717, 1.165) is 11.5 Å². The largest absolute Gasteiger partial charge is 0.486 e. The van der Waals surface area contributed by atoms with Gasteiger partial charge in [0.25, 0.3) is 5.91 Å². The van der Waals surface area contributed by atoms with Gasteiger partial charge in [0.2, 0.25) is 0 Å². The van der Waals surface area contributed by atoms with Gasteiger partial charge in [-0.05, 0) is 20.8 Å². The van der Waals surface area contributed by atoms with E-state index in [1.165, 1.54) is 11.3 Å². The first-order valence-corrected chi connectivity index (χ1v) is 6.76. The Hall–Kier alpha value is -1.43. The number of anilines is 2. The molecule has 0 radical (unpaired) electrons. The van der Waals surface area contributed by atoms with Crippen LogP contribution in [-0.4, -0.2) is 32.7 Å². The molecule has 0 saturated heterocycles. The third-order valence-corrected chi connectivity index (χ3v) is 3.79. The number of thiophene rings is 1. The molecule has 0 unspecified atom stereocenters. The zero-order valence-electron chi connectivity index (χ0n) is 11.5. The summed E-state index contributed by atoms with van der Waals surface area (Å²) in [4.78, 5) is 14.3. The maximum Gasteiger partial charge on any atom is 0.263 e. The van der Waals surface area contributed by atoms with Crippen molar-refractivity contribution in [2.45, 2.75) is 26.9 Å². The van der Waals surface area contributed by atoms with Crippen molar-refractivity contribution in [1.29, 1.82) is 0 Å². The van der Waals surface area contributed by atoms with Crippen LogP contribution in [0.5, 0.6) is 5.75 Å². The van der Waals surface area contributed by atoms with Crippen LogP contribution in [0.25, 0.3) is 0 Å². The number of amides is 1. The molecule has 3 N–H and O–H groups in total. The summed E-state index contributed by atoms with van der Waals surface area (Å²) in [6.07, 6.45) is 0.0171. The molecular formula is C12H21N3O2S. The Labute approximate surface area is 112 Å². The van der Waals surface area contributed by atoms with Gasteiger partial charge in [0.1, 0.15) is 15.6 Å². The van der Waals surface area contributed by atoms with Crippen LogP contribution in [-0.2, 0) is 0 Å². The van der Waals surface area contributed by atoms with E-state index in [2.05, 4.69) is 5.32 Å². The minimum absolute atomic E-state index is 0.0171. The predicted molar refractivity (Wildman–Crippen MR) is 76.8 cm³/mol. The predicted octanol–water partition coefficient (Wildman–Crippen LogP) is 1.93. The molecule has 1 rings (SSSR count). The number of nitrogen functional groups attached to an aromatic ring is 1. The van der Waals surface area contributed by atoms with E-state index in [1.54, 1.807) is 7.05 Å². The maximum absolute atomic E-state index is 11.7. The summed E-state index contributed by atoms with van der Waals surface area (Å²) in [6, 6.07) is 0. The van der Waals surface area contributed by atoms with Crippen LogP contribution >= 0.6 is 11.3 Å². The highest BCUT2D eigenvalue weighted by molar-refractivity contribution is 7.19. The van der Waals surface area contributed by atoms with Gasteiger partial charge in [0.05, 0.1) is 6.10 Å². The van der Waals surface area contributed by atoms with Crippen molar-refractivity contribution in [3.8, 4) is 5.75 Å². The van der Waals surface area contributed by atoms with Gasteiger partial charge in [-0.3, -0.25) is 4.79 Å². The number of nitrogens with zero attached hydrogens (tertiary/aromatic N) is 1. The molecule has 1 aromatic rings. The first-order valence-electron chi connectivity index (χ1n) is 5.94. The average molecular weight is 271 g/mol. The first kappa shape index (κ1) is 14.6. The lowest BCUT2D eigenvalue weighted by atomic mass is 10.3. The molecule has 6 heteroatoms. The van der Waals surface area contributed by atoms with E-state index in [4.69, 9.17) is 10.5 Å². The van der Waals surface area contributed by atoms with Gasteiger partial charge in [-0.2, -0.15) is 0 Å². The zero-order chi connectivity index (χ0) is 13.9. The minimum atomic E-state index is -0.179. The van der Waals surface area contributed by atoms with Crippen molar-refractivity contribution in [3.63, 3.8) is 0 Å². The molecule has 102 valence electrons. The number of ether oxygens (including phenoxy) is 1. The number of carbonyl (C=O) groups excluding carboxylic acids is 1. The second kappa shape index (κ2) is 5.95. The van der Waals surface area contributed by atoms with Gasteiger partial charge in [-0.1, -0.05) is 0 Å². The highest BCUT2D eigenvalue weighted by Gasteiger charge is 2.24. The van der Waals surface area contributed by atoms with Gasteiger partial charge in [-0.25, -0.2) is 0 Å². The number of hydrogen-bond acceptors (Lipinski definition) is 5. The fourth-order valence-corrected chi connectivity index (χ4v) is 2.57. The van der Waals surface area contributed by atoms with Crippen LogP contribution in [0.1, 0.15) is 30.4 Å². The zero-order valence-corrected chi connectivity index (χ0v) is 12.4. The van der Waals surface area contributed by atoms with Gasteiger partial charge in [0.15, 0.2) is 5.75 Å². The molecule has 0 bridgehead atoms.